The molecule has 1 aliphatic rings. The average molecular weight is 342 g/mol. The zero-order valence-corrected chi connectivity index (χ0v) is 13.0. The van der Waals surface area contributed by atoms with Gasteiger partial charge in [0.1, 0.15) is 11.1 Å². The molecule has 0 bridgehead atoms. The largest absolute Gasteiger partial charge is 0.377 e. The Kier molecular flexibility index (Phi) is 4.32. The molecule has 0 saturated carbocycles. The van der Waals surface area contributed by atoms with E-state index in [4.69, 9.17) is 16.3 Å². The molecule has 1 aromatic heterocycles. The summed E-state index contributed by atoms with van der Waals surface area (Å²) >= 11 is 6.03. The van der Waals surface area contributed by atoms with Crippen molar-refractivity contribution in [2.45, 2.75) is 18.6 Å². The van der Waals surface area contributed by atoms with Crippen LogP contribution in [0.3, 0.4) is 0 Å². The Hall–Kier alpha value is -1.99. The third-order valence-electron chi connectivity index (χ3n) is 3.78. The quantitative estimate of drug-likeness (QED) is 0.932. The summed E-state index contributed by atoms with van der Waals surface area (Å²) in [7, 11) is 1.50. The summed E-state index contributed by atoms with van der Waals surface area (Å²) in [6, 6.07) is 3.43. The van der Waals surface area contributed by atoms with E-state index in [2.05, 4.69) is 10.4 Å². The third-order valence-corrected chi connectivity index (χ3v) is 4.15. The molecule has 23 heavy (non-hydrogen) atoms. The van der Waals surface area contributed by atoms with Gasteiger partial charge in [-0.1, -0.05) is 17.7 Å². The van der Waals surface area contributed by atoms with Gasteiger partial charge in [0.05, 0.1) is 17.9 Å². The molecule has 0 spiro atoms. The van der Waals surface area contributed by atoms with E-state index in [1.807, 2.05) is 0 Å². The molecule has 1 fully saturated rings. The van der Waals surface area contributed by atoms with Crippen molar-refractivity contribution in [2.75, 3.05) is 11.9 Å². The standard InChI is InChI=1S/C15H14ClF2N3O2/c1-21-15(22)13(16)12(7-19-21)20-11-4-5-23-14(11)8-2-3-9(17)10(18)6-8/h2-3,6-7,11,14,20H,4-5H2,1H3. The van der Waals surface area contributed by atoms with Crippen molar-refractivity contribution in [3.8, 4) is 0 Å². The first kappa shape index (κ1) is 15.9. The van der Waals surface area contributed by atoms with Crippen molar-refractivity contribution < 1.29 is 13.5 Å². The topological polar surface area (TPSA) is 56.1 Å². The van der Waals surface area contributed by atoms with Gasteiger partial charge < -0.3 is 10.1 Å². The minimum absolute atomic E-state index is 0.0263. The Labute approximate surface area is 135 Å². The van der Waals surface area contributed by atoms with E-state index in [1.54, 1.807) is 0 Å². The van der Waals surface area contributed by atoms with E-state index in [0.29, 0.717) is 24.3 Å². The van der Waals surface area contributed by atoms with Gasteiger partial charge in [0.25, 0.3) is 5.56 Å². The number of anilines is 1. The molecule has 8 heteroatoms. The first-order valence-corrected chi connectivity index (χ1v) is 7.40. The lowest BCUT2D eigenvalue weighted by molar-refractivity contribution is 0.107. The Bertz CT molecular complexity index is 797. The summed E-state index contributed by atoms with van der Waals surface area (Å²) in [5.41, 5.74) is 0.490. The van der Waals surface area contributed by atoms with Crippen molar-refractivity contribution in [1.82, 2.24) is 9.78 Å². The number of nitrogens with one attached hydrogen (secondary N) is 1. The molecule has 1 aromatic carbocycles. The number of rotatable bonds is 3. The monoisotopic (exact) mass is 341 g/mol. The SMILES string of the molecule is Cn1ncc(NC2CCOC2c2ccc(F)c(F)c2)c(Cl)c1=O. The minimum Gasteiger partial charge on any atom is -0.377 e. The van der Waals surface area contributed by atoms with E-state index in [1.165, 1.54) is 19.3 Å². The van der Waals surface area contributed by atoms with Crippen LogP contribution in [0.1, 0.15) is 18.1 Å². The highest BCUT2D eigenvalue weighted by molar-refractivity contribution is 6.32. The molecule has 1 aliphatic heterocycles. The molecule has 0 radical (unpaired) electrons. The summed E-state index contributed by atoms with van der Waals surface area (Å²) in [6.07, 6.45) is 1.62. The van der Waals surface area contributed by atoms with Crippen molar-refractivity contribution in [3.05, 3.63) is 57.0 Å². The van der Waals surface area contributed by atoms with Gasteiger partial charge in [-0.25, -0.2) is 13.5 Å². The number of halogens is 3. The molecule has 1 saturated heterocycles. The first-order chi connectivity index (χ1) is 11.0. The Morgan fingerprint density at radius 3 is 2.91 bits per heavy atom. The van der Waals surface area contributed by atoms with Crippen LogP contribution < -0.4 is 10.9 Å². The fourth-order valence-electron chi connectivity index (χ4n) is 2.57. The summed E-state index contributed by atoms with van der Waals surface area (Å²) in [5.74, 6) is -1.83. The summed E-state index contributed by atoms with van der Waals surface area (Å²) in [4.78, 5) is 11.8. The van der Waals surface area contributed by atoms with E-state index < -0.39 is 23.3 Å². The zero-order chi connectivity index (χ0) is 16.6. The highest BCUT2D eigenvalue weighted by Gasteiger charge is 2.31. The smallest absolute Gasteiger partial charge is 0.287 e. The van der Waals surface area contributed by atoms with Gasteiger partial charge in [-0.3, -0.25) is 4.79 Å². The van der Waals surface area contributed by atoms with Crippen LogP contribution in [-0.4, -0.2) is 22.4 Å². The van der Waals surface area contributed by atoms with Gasteiger partial charge in [0, 0.05) is 13.7 Å². The molecule has 0 amide bonds. The molecule has 2 unspecified atom stereocenters. The third kappa shape index (κ3) is 3.07. The maximum Gasteiger partial charge on any atom is 0.287 e. The van der Waals surface area contributed by atoms with Crippen LogP contribution in [0.4, 0.5) is 14.5 Å². The van der Waals surface area contributed by atoms with E-state index in [0.717, 1.165) is 16.8 Å². The highest BCUT2D eigenvalue weighted by Crippen LogP contribution is 2.33. The second-order valence-corrected chi connectivity index (χ2v) is 5.68. The normalized spacial score (nSPS) is 20.7. The average Bonchev–Trinajstić information content (AvgIpc) is 2.99. The minimum atomic E-state index is -0.926. The van der Waals surface area contributed by atoms with Crippen LogP contribution in [0.5, 0.6) is 0 Å². The molecule has 122 valence electrons. The fourth-order valence-corrected chi connectivity index (χ4v) is 2.79. The van der Waals surface area contributed by atoms with Gasteiger partial charge in [-0.2, -0.15) is 5.10 Å². The van der Waals surface area contributed by atoms with Crippen LogP contribution in [0.25, 0.3) is 0 Å². The Morgan fingerprint density at radius 2 is 2.17 bits per heavy atom. The second-order valence-electron chi connectivity index (χ2n) is 5.31. The number of ether oxygens (including phenoxy) is 1. The molecule has 2 aromatic rings. The van der Waals surface area contributed by atoms with Crippen LogP contribution in [-0.2, 0) is 11.8 Å². The van der Waals surface area contributed by atoms with Gasteiger partial charge >= 0.3 is 0 Å². The molecule has 0 aliphatic carbocycles. The summed E-state index contributed by atoms with van der Waals surface area (Å²) < 4.78 is 33.2. The molecule has 3 rings (SSSR count). The van der Waals surface area contributed by atoms with Crippen molar-refractivity contribution in [3.63, 3.8) is 0 Å². The fraction of sp³-hybridized carbons (Fsp3) is 0.333. The van der Waals surface area contributed by atoms with Gasteiger partial charge in [-0.05, 0) is 24.1 Å². The first-order valence-electron chi connectivity index (χ1n) is 7.02. The van der Waals surface area contributed by atoms with Crippen LogP contribution in [0.15, 0.2) is 29.2 Å². The molecular formula is C15H14ClF2N3O2. The molecule has 2 heterocycles. The van der Waals surface area contributed by atoms with Crippen LogP contribution in [0, 0.1) is 11.6 Å². The summed E-state index contributed by atoms with van der Waals surface area (Å²) in [5, 5.41) is 7.05. The summed E-state index contributed by atoms with van der Waals surface area (Å²) in [6.45, 7) is 0.456. The molecule has 5 nitrogen and oxygen atoms in total. The molecule has 2 atom stereocenters. The highest BCUT2D eigenvalue weighted by atomic mass is 35.5. The second kappa shape index (κ2) is 6.25. The van der Waals surface area contributed by atoms with E-state index in [-0.39, 0.29) is 11.1 Å². The number of aromatic nitrogens is 2. The predicted octanol–water partition coefficient (Wildman–Crippen LogP) is 2.65. The van der Waals surface area contributed by atoms with Crippen molar-refractivity contribution in [1.29, 1.82) is 0 Å². The number of benzene rings is 1. The molecule has 1 N–H and O–H groups in total. The number of hydrogen-bond acceptors (Lipinski definition) is 4. The number of hydrogen-bond donors (Lipinski definition) is 1. The lowest BCUT2D eigenvalue weighted by Crippen LogP contribution is -2.27. The number of nitrogens with zero attached hydrogens (tertiary/aromatic N) is 2. The molecular weight excluding hydrogens is 328 g/mol. The maximum atomic E-state index is 13.4. The maximum absolute atomic E-state index is 13.4. The Morgan fingerprint density at radius 1 is 1.39 bits per heavy atom. The number of aryl methyl sites for hydroxylation is 1. The van der Waals surface area contributed by atoms with Gasteiger partial charge in [0.2, 0.25) is 0 Å². The van der Waals surface area contributed by atoms with Crippen LogP contribution >= 0.6 is 11.6 Å². The van der Waals surface area contributed by atoms with E-state index >= 15 is 0 Å². The van der Waals surface area contributed by atoms with Crippen molar-refractivity contribution in [2.24, 2.45) is 7.05 Å². The van der Waals surface area contributed by atoms with Gasteiger partial charge in [0.15, 0.2) is 11.6 Å². The van der Waals surface area contributed by atoms with Crippen LogP contribution in [0.2, 0.25) is 5.02 Å². The Balaban J connectivity index is 1.86. The lowest BCUT2D eigenvalue weighted by Gasteiger charge is -2.21. The lowest BCUT2D eigenvalue weighted by atomic mass is 10.0. The van der Waals surface area contributed by atoms with E-state index in [9.17, 15) is 13.6 Å². The van der Waals surface area contributed by atoms with Gasteiger partial charge in [-0.15, -0.1) is 0 Å². The van der Waals surface area contributed by atoms with Crippen molar-refractivity contribution >= 4 is 17.3 Å². The predicted molar refractivity (Wildman–Crippen MR) is 81.6 cm³/mol. The zero-order valence-electron chi connectivity index (χ0n) is 12.2.